The van der Waals surface area contributed by atoms with Gasteiger partial charge in [-0.3, -0.25) is 0 Å². The number of nitrogen functional groups attached to an aromatic ring is 2. The Morgan fingerprint density at radius 3 is 2.63 bits per heavy atom. The Bertz CT molecular complexity index is 1190. The normalized spacial score (nSPS) is 16.3. The van der Waals surface area contributed by atoms with E-state index in [9.17, 15) is 4.39 Å². The number of hydrogen-bond donors (Lipinski definition) is 2. The molecule has 1 saturated heterocycles. The maximum absolute atomic E-state index is 14.5. The Morgan fingerprint density at radius 2 is 1.90 bits per heavy atom. The van der Waals surface area contributed by atoms with Crippen LogP contribution in [0.2, 0.25) is 5.02 Å². The molecule has 0 radical (unpaired) electrons. The van der Waals surface area contributed by atoms with Gasteiger partial charge in [-0.1, -0.05) is 29.5 Å². The van der Waals surface area contributed by atoms with E-state index in [0.717, 1.165) is 25.9 Å². The van der Waals surface area contributed by atoms with Crippen molar-refractivity contribution in [1.29, 1.82) is 0 Å². The molecule has 0 spiro atoms. The lowest BCUT2D eigenvalue weighted by Gasteiger charge is -2.33. The maximum atomic E-state index is 14.5. The summed E-state index contributed by atoms with van der Waals surface area (Å²) in [7, 11) is 2.12. The van der Waals surface area contributed by atoms with E-state index in [0.29, 0.717) is 22.2 Å². The molecule has 0 aliphatic carbocycles. The number of benzene rings is 2. The average Bonchev–Trinajstić information content (AvgIpc) is 2.71. The van der Waals surface area contributed by atoms with Crippen LogP contribution in [0.4, 0.5) is 15.9 Å². The van der Waals surface area contributed by atoms with Crippen molar-refractivity contribution in [3.63, 3.8) is 0 Å². The first-order valence-electron chi connectivity index (χ1n) is 9.79. The van der Waals surface area contributed by atoms with Crippen molar-refractivity contribution in [1.82, 2.24) is 14.9 Å². The minimum absolute atomic E-state index is 0.00463. The maximum Gasteiger partial charge on any atom is 0.165 e. The predicted octanol–water partition coefficient (Wildman–Crippen LogP) is 4.34. The van der Waals surface area contributed by atoms with Crippen LogP contribution in [0, 0.1) is 23.1 Å². The number of rotatable bonds is 1. The standard InChI is InChI=1S/C23H23ClFN5/c1-23(8-10-30(2)11-9-23)7-6-14-12-19-16(13-18(14)26)21(27)29-22(28-19)15-4-3-5-17(24)20(15)25/h3-5,12-13H,8-11,26H2,1-2H3,(H2,27,28,29). The zero-order valence-corrected chi connectivity index (χ0v) is 17.7. The molecule has 0 unspecified atom stereocenters. The molecule has 1 aromatic heterocycles. The van der Waals surface area contributed by atoms with Crippen LogP contribution < -0.4 is 11.5 Å². The molecule has 1 aliphatic rings. The Hall–Kier alpha value is -2.88. The minimum Gasteiger partial charge on any atom is -0.398 e. The van der Waals surface area contributed by atoms with Crippen molar-refractivity contribution in [3.05, 3.63) is 46.7 Å². The predicted molar refractivity (Wildman–Crippen MR) is 120 cm³/mol. The minimum atomic E-state index is -0.580. The Morgan fingerprint density at radius 1 is 1.17 bits per heavy atom. The van der Waals surface area contributed by atoms with Crippen molar-refractivity contribution < 1.29 is 4.39 Å². The molecule has 0 amide bonds. The van der Waals surface area contributed by atoms with E-state index in [4.69, 9.17) is 23.1 Å². The molecular formula is C23H23ClFN5. The largest absolute Gasteiger partial charge is 0.398 e. The number of nitrogens with two attached hydrogens (primary N) is 2. The van der Waals surface area contributed by atoms with Gasteiger partial charge in [0.05, 0.1) is 16.1 Å². The molecule has 7 heteroatoms. The van der Waals surface area contributed by atoms with Gasteiger partial charge in [-0.15, -0.1) is 0 Å². The Balaban J connectivity index is 1.78. The number of nitrogens with zero attached hydrogens (tertiary/aromatic N) is 3. The number of hydrogen-bond acceptors (Lipinski definition) is 5. The number of halogens is 2. The van der Waals surface area contributed by atoms with E-state index < -0.39 is 5.82 Å². The van der Waals surface area contributed by atoms with Gasteiger partial charge in [0.1, 0.15) is 5.82 Å². The first-order chi connectivity index (χ1) is 14.3. The van der Waals surface area contributed by atoms with Gasteiger partial charge in [0.25, 0.3) is 0 Å². The number of aromatic nitrogens is 2. The summed E-state index contributed by atoms with van der Waals surface area (Å²) in [4.78, 5) is 11.1. The molecule has 0 bridgehead atoms. The first-order valence-corrected chi connectivity index (χ1v) is 10.2. The van der Waals surface area contributed by atoms with Gasteiger partial charge < -0.3 is 16.4 Å². The van der Waals surface area contributed by atoms with Gasteiger partial charge in [0.2, 0.25) is 0 Å². The van der Waals surface area contributed by atoms with Crippen LogP contribution in [0.5, 0.6) is 0 Å². The highest BCUT2D eigenvalue weighted by molar-refractivity contribution is 6.31. The van der Waals surface area contributed by atoms with Crippen molar-refractivity contribution >= 4 is 34.0 Å². The van der Waals surface area contributed by atoms with Crippen LogP contribution in [0.1, 0.15) is 25.3 Å². The summed E-state index contributed by atoms with van der Waals surface area (Å²) in [5, 5.41) is 0.611. The molecular weight excluding hydrogens is 401 g/mol. The molecule has 5 nitrogen and oxygen atoms in total. The molecule has 0 saturated carbocycles. The van der Waals surface area contributed by atoms with E-state index in [-0.39, 0.29) is 27.6 Å². The molecule has 154 valence electrons. The number of likely N-dealkylation sites (tertiary alicyclic amines) is 1. The van der Waals surface area contributed by atoms with Crippen LogP contribution in [-0.2, 0) is 0 Å². The second-order valence-electron chi connectivity index (χ2n) is 8.10. The fourth-order valence-corrected chi connectivity index (χ4v) is 3.75. The van der Waals surface area contributed by atoms with Crippen LogP contribution in [-0.4, -0.2) is 35.0 Å². The molecule has 30 heavy (non-hydrogen) atoms. The Kier molecular flexibility index (Phi) is 5.27. The number of fused-ring (bicyclic) bond motifs is 1. The molecule has 1 aliphatic heterocycles. The summed E-state index contributed by atoms with van der Waals surface area (Å²) in [5.41, 5.74) is 14.3. The van der Waals surface area contributed by atoms with Crippen molar-refractivity contribution in [2.45, 2.75) is 19.8 Å². The molecule has 4 rings (SSSR count). The molecule has 4 N–H and O–H groups in total. The van der Waals surface area contributed by atoms with E-state index in [1.54, 1.807) is 24.3 Å². The lowest BCUT2D eigenvalue weighted by molar-refractivity contribution is 0.187. The second kappa shape index (κ2) is 7.75. The van der Waals surface area contributed by atoms with Crippen LogP contribution in [0.25, 0.3) is 22.3 Å². The number of anilines is 2. The highest BCUT2D eigenvalue weighted by atomic mass is 35.5. The third-order valence-electron chi connectivity index (χ3n) is 5.68. The third-order valence-corrected chi connectivity index (χ3v) is 5.97. The summed E-state index contributed by atoms with van der Waals surface area (Å²) in [6, 6.07) is 8.21. The molecule has 2 heterocycles. The third kappa shape index (κ3) is 3.91. The first kappa shape index (κ1) is 20.4. The van der Waals surface area contributed by atoms with Crippen molar-refractivity contribution in [2.24, 2.45) is 5.41 Å². The van der Waals surface area contributed by atoms with Crippen molar-refractivity contribution in [2.75, 3.05) is 31.6 Å². The van der Waals surface area contributed by atoms with Gasteiger partial charge >= 0.3 is 0 Å². The van der Waals surface area contributed by atoms with Gasteiger partial charge in [-0.25, -0.2) is 14.4 Å². The zero-order chi connectivity index (χ0) is 21.5. The van der Waals surface area contributed by atoms with Gasteiger partial charge in [-0.2, -0.15) is 0 Å². The quantitative estimate of drug-likeness (QED) is 0.449. The monoisotopic (exact) mass is 423 g/mol. The molecule has 0 atom stereocenters. The SMILES string of the molecule is CN1CCC(C)(C#Cc2cc3nc(-c4cccc(Cl)c4F)nc(N)c3cc2N)CC1. The average molecular weight is 424 g/mol. The van der Waals surface area contributed by atoms with E-state index in [2.05, 4.69) is 40.7 Å². The summed E-state index contributed by atoms with van der Waals surface area (Å²) in [6.45, 7) is 4.23. The van der Waals surface area contributed by atoms with Gasteiger partial charge in [0.15, 0.2) is 11.6 Å². The number of piperidine rings is 1. The van der Waals surface area contributed by atoms with Crippen LogP contribution >= 0.6 is 11.6 Å². The molecule has 1 fully saturated rings. The fourth-order valence-electron chi connectivity index (χ4n) is 3.58. The summed E-state index contributed by atoms with van der Waals surface area (Å²) >= 11 is 5.91. The van der Waals surface area contributed by atoms with Gasteiger partial charge in [0, 0.05) is 22.1 Å². The topological polar surface area (TPSA) is 81.1 Å². The fraction of sp³-hybridized carbons (Fsp3) is 0.304. The van der Waals surface area contributed by atoms with Crippen LogP contribution in [0.15, 0.2) is 30.3 Å². The smallest absolute Gasteiger partial charge is 0.165 e. The highest BCUT2D eigenvalue weighted by Crippen LogP contribution is 2.32. The summed E-state index contributed by atoms with van der Waals surface area (Å²) in [6.07, 6.45) is 2.02. The van der Waals surface area contributed by atoms with E-state index in [1.165, 1.54) is 6.07 Å². The van der Waals surface area contributed by atoms with Crippen molar-refractivity contribution in [3.8, 4) is 23.2 Å². The lowest BCUT2D eigenvalue weighted by Crippen LogP contribution is -2.35. The Labute approximate surface area is 180 Å². The summed E-state index contributed by atoms with van der Waals surface area (Å²) < 4.78 is 14.5. The zero-order valence-electron chi connectivity index (χ0n) is 17.0. The van der Waals surface area contributed by atoms with Gasteiger partial charge in [-0.05, 0) is 64.2 Å². The summed E-state index contributed by atoms with van der Waals surface area (Å²) in [5.74, 6) is 6.47. The molecule has 3 aromatic rings. The second-order valence-corrected chi connectivity index (χ2v) is 8.51. The van der Waals surface area contributed by atoms with E-state index >= 15 is 0 Å². The molecule has 2 aromatic carbocycles. The van der Waals surface area contributed by atoms with E-state index in [1.807, 2.05) is 0 Å². The van der Waals surface area contributed by atoms with Crippen LogP contribution in [0.3, 0.4) is 0 Å². The highest BCUT2D eigenvalue weighted by Gasteiger charge is 2.26. The lowest BCUT2D eigenvalue weighted by atomic mass is 9.81.